The predicted molar refractivity (Wildman–Crippen MR) is 80.3 cm³/mol. The minimum atomic E-state index is -0.525. The Kier molecular flexibility index (Phi) is 4.75. The lowest BCUT2D eigenvalue weighted by Gasteiger charge is -2.29. The van der Waals surface area contributed by atoms with Crippen LogP contribution in [0.5, 0.6) is 0 Å². The van der Waals surface area contributed by atoms with Crippen molar-refractivity contribution >= 4 is 5.91 Å². The third-order valence-corrected chi connectivity index (χ3v) is 3.87. The van der Waals surface area contributed by atoms with Crippen LogP contribution in [0.15, 0.2) is 12.1 Å². The Hall–Kier alpha value is -1.35. The van der Waals surface area contributed by atoms with Crippen LogP contribution < -0.4 is 5.32 Å². The van der Waals surface area contributed by atoms with Gasteiger partial charge in [0.25, 0.3) is 0 Å². The zero-order valence-corrected chi connectivity index (χ0v) is 13.2. The van der Waals surface area contributed by atoms with Crippen LogP contribution in [0.25, 0.3) is 0 Å². The largest absolute Gasteiger partial charge is 0.340 e. The lowest BCUT2D eigenvalue weighted by molar-refractivity contribution is -0.136. The second kappa shape index (κ2) is 5.74. The van der Waals surface area contributed by atoms with Gasteiger partial charge >= 0.3 is 0 Å². The van der Waals surface area contributed by atoms with Crippen LogP contribution in [0, 0.1) is 20.8 Å². The van der Waals surface area contributed by atoms with Crippen LogP contribution in [-0.2, 0) is 11.3 Å². The van der Waals surface area contributed by atoms with E-state index in [9.17, 15) is 4.79 Å². The number of hydrogen-bond donors (Lipinski definition) is 1. The minimum absolute atomic E-state index is 0.104. The van der Waals surface area contributed by atoms with Crippen molar-refractivity contribution in [3.05, 3.63) is 34.4 Å². The number of carbonyl (C=O) groups excluding carboxylic acids is 1. The van der Waals surface area contributed by atoms with Crippen molar-refractivity contribution in [1.82, 2.24) is 10.2 Å². The molecule has 0 heterocycles. The quantitative estimate of drug-likeness (QED) is 0.904. The van der Waals surface area contributed by atoms with Crippen molar-refractivity contribution in [2.45, 2.75) is 46.7 Å². The molecule has 0 radical (unpaired) electrons. The van der Waals surface area contributed by atoms with Gasteiger partial charge < -0.3 is 10.2 Å². The number of rotatable bonds is 4. The van der Waals surface area contributed by atoms with Gasteiger partial charge in [0.1, 0.15) is 0 Å². The molecule has 0 spiro atoms. The molecule has 0 atom stereocenters. The van der Waals surface area contributed by atoms with E-state index in [2.05, 4.69) is 38.2 Å². The van der Waals surface area contributed by atoms with Crippen molar-refractivity contribution in [3.63, 3.8) is 0 Å². The molecule has 1 aromatic carbocycles. The summed E-state index contributed by atoms with van der Waals surface area (Å²) in [7, 11) is 3.67. The molecule has 106 valence electrons. The lowest BCUT2D eigenvalue weighted by Crippen LogP contribution is -2.51. The monoisotopic (exact) mass is 262 g/mol. The topological polar surface area (TPSA) is 32.3 Å². The first-order valence-electron chi connectivity index (χ1n) is 6.70. The maximum atomic E-state index is 12.3. The highest BCUT2D eigenvalue weighted by molar-refractivity contribution is 5.85. The minimum Gasteiger partial charge on any atom is -0.340 e. The second-order valence-electron chi connectivity index (χ2n) is 5.90. The average Bonchev–Trinajstić information content (AvgIpc) is 2.34. The van der Waals surface area contributed by atoms with Crippen molar-refractivity contribution in [1.29, 1.82) is 0 Å². The first kappa shape index (κ1) is 15.7. The summed E-state index contributed by atoms with van der Waals surface area (Å²) in [5.41, 5.74) is 4.50. The number of nitrogens with one attached hydrogen (secondary N) is 1. The molecule has 1 amide bonds. The molecule has 0 saturated heterocycles. The van der Waals surface area contributed by atoms with Gasteiger partial charge in [0.15, 0.2) is 0 Å². The van der Waals surface area contributed by atoms with Gasteiger partial charge in [-0.1, -0.05) is 12.1 Å². The molecule has 0 aliphatic rings. The summed E-state index contributed by atoms with van der Waals surface area (Å²) in [6.07, 6.45) is 0. The van der Waals surface area contributed by atoms with E-state index < -0.39 is 5.54 Å². The smallest absolute Gasteiger partial charge is 0.242 e. The molecule has 19 heavy (non-hydrogen) atoms. The predicted octanol–water partition coefficient (Wildman–Crippen LogP) is 2.57. The molecule has 0 unspecified atom stereocenters. The Balaban J connectivity index is 2.92. The summed E-state index contributed by atoms with van der Waals surface area (Å²) in [6, 6.07) is 4.37. The van der Waals surface area contributed by atoms with E-state index in [4.69, 9.17) is 0 Å². The molecule has 1 N–H and O–H groups in total. The van der Waals surface area contributed by atoms with Crippen molar-refractivity contribution in [2.24, 2.45) is 0 Å². The van der Waals surface area contributed by atoms with Gasteiger partial charge in [0, 0.05) is 13.6 Å². The number of nitrogens with zero attached hydrogens (tertiary/aromatic N) is 1. The fourth-order valence-corrected chi connectivity index (χ4v) is 2.10. The maximum absolute atomic E-state index is 12.3. The summed E-state index contributed by atoms with van der Waals surface area (Å²) in [5, 5.41) is 3.05. The number of likely N-dealkylation sites (N-methyl/N-ethyl adjacent to an activating group) is 2. The van der Waals surface area contributed by atoms with Gasteiger partial charge in [-0.25, -0.2) is 0 Å². The Morgan fingerprint density at radius 1 is 1.16 bits per heavy atom. The Labute approximate surface area is 117 Å². The molecule has 1 rings (SSSR count). The molecule has 0 bridgehead atoms. The van der Waals surface area contributed by atoms with Gasteiger partial charge in [-0.15, -0.1) is 0 Å². The Morgan fingerprint density at radius 3 is 2.21 bits per heavy atom. The molecule has 0 saturated carbocycles. The Bertz CT molecular complexity index is 478. The third-order valence-electron chi connectivity index (χ3n) is 3.87. The van der Waals surface area contributed by atoms with Gasteiger partial charge in [-0.2, -0.15) is 0 Å². The fourth-order valence-electron chi connectivity index (χ4n) is 2.10. The number of hydrogen-bond acceptors (Lipinski definition) is 2. The average molecular weight is 262 g/mol. The molecule has 0 aromatic heterocycles. The highest BCUT2D eigenvalue weighted by Crippen LogP contribution is 2.18. The van der Waals surface area contributed by atoms with Crippen molar-refractivity contribution < 1.29 is 4.79 Å². The maximum Gasteiger partial charge on any atom is 0.242 e. The molecular weight excluding hydrogens is 236 g/mol. The lowest BCUT2D eigenvalue weighted by atomic mass is 9.99. The SMILES string of the molecule is CNC(C)(C)C(=O)N(C)Cc1cc(C)c(C)cc1C. The standard InChI is InChI=1S/C16H26N2O/c1-11-8-13(3)14(9-12(11)2)10-18(7)15(19)16(4,5)17-6/h8-9,17H,10H2,1-7H3. The third kappa shape index (κ3) is 3.57. The summed E-state index contributed by atoms with van der Waals surface area (Å²) >= 11 is 0. The molecule has 0 fully saturated rings. The first-order valence-corrected chi connectivity index (χ1v) is 6.70. The van der Waals surface area contributed by atoms with Crippen molar-refractivity contribution in [2.75, 3.05) is 14.1 Å². The summed E-state index contributed by atoms with van der Waals surface area (Å²) in [4.78, 5) is 14.1. The van der Waals surface area contributed by atoms with E-state index in [0.29, 0.717) is 6.54 Å². The van der Waals surface area contributed by atoms with Crippen LogP contribution in [0.3, 0.4) is 0 Å². The summed E-state index contributed by atoms with van der Waals surface area (Å²) in [6.45, 7) is 10.8. The number of carbonyl (C=O) groups is 1. The molecule has 0 aliphatic carbocycles. The number of aryl methyl sites for hydroxylation is 3. The first-order chi connectivity index (χ1) is 8.69. The van der Waals surface area contributed by atoms with Gasteiger partial charge in [0.05, 0.1) is 5.54 Å². The zero-order chi connectivity index (χ0) is 14.8. The molecule has 0 aliphatic heterocycles. The highest BCUT2D eigenvalue weighted by Gasteiger charge is 2.28. The Morgan fingerprint density at radius 2 is 1.68 bits per heavy atom. The van der Waals surface area contributed by atoms with Gasteiger partial charge in [0.2, 0.25) is 5.91 Å². The number of amides is 1. The van der Waals surface area contributed by atoms with E-state index in [-0.39, 0.29) is 5.91 Å². The van der Waals surface area contributed by atoms with Crippen molar-refractivity contribution in [3.8, 4) is 0 Å². The van der Waals surface area contributed by atoms with E-state index in [1.54, 1.807) is 4.90 Å². The summed E-state index contributed by atoms with van der Waals surface area (Å²) in [5.74, 6) is 0.104. The van der Waals surface area contributed by atoms with E-state index in [0.717, 1.165) is 0 Å². The van der Waals surface area contributed by atoms with E-state index in [1.165, 1.54) is 22.3 Å². The molecule has 1 aromatic rings. The molecular formula is C16H26N2O. The van der Waals surface area contributed by atoms with Gasteiger partial charge in [-0.3, -0.25) is 4.79 Å². The van der Waals surface area contributed by atoms with Crippen LogP contribution in [0.4, 0.5) is 0 Å². The van der Waals surface area contributed by atoms with Crippen LogP contribution in [0.2, 0.25) is 0 Å². The van der Waals surface area contributed by atoms with E-state index in [1.807, 2.05) is 27.9 Å². The normalized spacial score (nSPS) is 11.5. The zero-order valence-electron chi connectivity index (χ0n) is 13.2. The van der Waals surface area contributed by atoms with Crippen LogP contribution in [0.1, 0.15) is 36.1 Å². The van der Waals surface area contributed by atoms with Crippen LogP contribution in [-0.4, -0.2) is 30.4 Å². The molecule has 3 heteroatoms. The van der Waals surface area contributed by atoms with E-state index >= 15 is 0 Å². The molecule has 3 nitrogen and oxygen atoms in total. The van der Waals surface area contributed by atoms with Gasteiger partial charge in [-0.05, 0) is 63.9 Å². The van der Waals surface area contributed by atoms with Crippen LogP contribution >= 0.6 is 0 Å². The number of benzene rings is 1. The fraction of sp³-hybridized carbons (Fsp3) is 0.562. The highest BCUT2D eigenvalue weighted by atomic mass is 16.2. The second-order valence-corrected chi connectivity index (χ2v) is 5.90. The summed E-state index contributed by atoms with van der Waals surface area (Å²) < 4.78 is 0.